The van der Waals surface area contributed by atoms with Crippen molar-refractivity contribution < 1.29 is 32.5 Å². The predicted octanol–water partition coefficient (Wildman–Crippen LogP) is 2.08. The van der Waals surface area contributed by atoms with Gasteiger partial charge in [-0.15, -0.1) is 0 Å². The highest BCUT2D eigenvalue weighted by Crippen LogP contribution is 2.34. The molecule has 0 fully saturated rings. The second kappa shape index (κ2) is 5.26. The summed E-state index contributed by atoms with van der Waals surface area (Å²) in [6, 6.07) is 3.09. The summed E-state index contributed by atoms with van der Waals surface area (Å²) in [7, 11) is 2.36. The minimum Gasteiger partial charge on any atom is -0.496 e. The van der Waals surface area contributed by atoms with E-state index < -0.39 is 23.8 Å². The lowest BCUT2D eigenvalue weighted by atomic mass is 10.0. The average Bonchev–Trinajstić information content (AvgIpc) is 2.35. The summed E-state index contributed by atoms with van der Waals surface area (Å²) in [5, 5.41) is 9.08. The highest BCUT2D eigenvalue weighted by molar-refractivity contribution is 5.92. The molecule has 1 aromatic carbocycles. The first-order valence-corrected chi connectivity index (χ1v) is 4.82. The normalized spacial score (nSPS) is 13.0. The van der Waals surface area contributed by atoms with E-state index in [1.54, 1.807) is 0 Å². The second-order valence-electron chi connectivity index (χ2n) is 3.40. The number of ether oxygens (including phenoxy) is 2. The van der Waals surface area contributed by atoms with Crippen LogP contribution in [-0.2, 0) is 4.74 Å². The Labute approximate surface area is 101 Å². The summed E-state index contributed by atoms with van der Waals surface area (Å²) in [6.45, 7) is 0. The molecule has 18 heavy (non-hydrogen) atoms. The van der Waals surface area contributed by atoms with Crippen molar-refractivity contribution in [3.8, 4) is 5.75 Å². The molecule has 0 amide bonds. The third kappa shape index (κ3) is 2.92. The number of hydrogen-bond donors (Lipinski definition) is 1. The first kappa shape index (κ1) is 14.3. The Hall–Kier alpha value is -1.76. The van der Waals surface area contributed by atoms with Crippen molar-refractivity contribution in [3.63, 3.8) is 0 Å². The number of halogens is 3. The fourth-order valence-electron chi connectivity index (χ4n) is 1.35. The van der Waals surface area contributed by atoms with E-state index in [4.69, 9.17) is 9.84 Å². The van der Waals surface area contributed by atoms with Crippen molar-refractivity contribution in [2.24, 2.45) is 0 Å². The number of alkyl halides is 3. The molecule has 0 aromatic heterocycles. The molecule has 0 saturated carbocycles. The third-order valence-corrected chi connectivity index (χ3v) is 2.25. The van der Waals surface area contributed by atoms with Crippen LogP contribution in [0.5, 0.6) is 5.75 Å². The van der Waals surface area contributed by atoms with Crippen LogP contribution in [0.1, 0.15) is 22.0 Å². The van der Waals surface area contributed by atoms with Crippen LogP contribution in [0.25, 0.3) is 0 Å². The van der Waals surface area contributed by atoms with Crippen LogP contribution < -0.4 is 4.74 Å². The van der Waals surface area contributed by atoms with Gasteiger partial charge in [0.1, 0.15) is 11.3 Å². The molecule has 1 atom stereocenters. The SMILES string of the molecule is COC(=O)c1cc(C(O)C(F)(F)F)ccc1OC. The van der Waals surface area contributed by atoms with E-state index in [-0.39, 0.29) is 11.3 Å². The first-order chi connectivity index (χ1) is 8.31. The highest BCUT2D eigenvalue weighted by Gasteiger charge is 2.39. The van der Waals surface area contributed by atoms with Gasteiger partial charge in [-0.3, -0.25) is 0 Å². The van der Waals surface area contributed by atoms with Crippen LogP contribution in [0.3, 0.4) is 0 Å². The lowest BCUT2D eigenvalue weighted by Gasteiger charge is -2.16. The fraction of sp³-hybridized carbons (Fsp3) is 0.364. The van der Waals surface area contributed by atoms with Gasteiger partial charge in [-0.25, -0.2) is 4.79 Å². The Kier molecular flexibility index (Phi) is 4.18. The number of carbonyl (C=O) groups is 1. The third-order valence-electron chi connectivity index (χ3n) is 2.25. The Bertz CT molecular complexity index is 442. The molecular formula is C11H11F3O4. The summed E-state index contributed by atoms with van der Waals surface area (Å²) >= 11 is 0. The van der Waals surface area contributed by atoms with Gasteiger partial charge in [0.25, 0.3) is 0 Å². The van der Waals surface area contributed by atoms with E-state index in [1.165, 1.54) is 7.11 Å². The standard InChI is InChI=1S/C11H11F3O4/c1-17-8-4-3-6(9(15)11(12,13)14)5-7(8)10(16)18-2/h3-5,9,15H,1-2H3. The lowest BCUT2D eigenvalue weighted by molar-refractivity contribution is -0.206. The summed E-state index contributed by atoms with van der Waals surface area (Å²) in [5.74, 6) is -0.775. The Morgan fingerprint density at radius 3 is 2.39 bits per heavy atom. The smallest absolute Gasteiger partial charge is 0.418 e. The van der Waals surface area contributed by atoms with E-state index in [2.05, 4.69) is 4.74 Å². The van der Waals surface area contributed by atoms with Crippen molar-refractivity contribution in [1.29, 1.82) is 0 Å². The zero-order valence-corrected chi connectivity index (χ0v) is 9.62. The zero-order valence-electron chi connectivity index (χ0n) is 9.62. The molecule has 4 nitrogen and oxygen atoms in total. The molecule has 0 saturated heterocycles. The maximum absolute atomic E-state index is 12.3. The van der Waals surface area contributed by atoms with Crippen LogP contribution in [0, 0.1) is 0 Å². The van der Waals surface area contributed by atoms with Crippen LogP contribution >= 0.6 is 0 Å². The summed E-state index contributed by atoms with van der Waals surface area (Å²) in [4.78, 5) is 11.4. The van der Waals surface area contributed by atoms with Crippen LogP contribution in [0.4, 0.5) is 13.2 Å². The Morgan fingerprint density at radius 1 is 1.33 bits per heavy atom. The van der Waals surface area contributed by atoms with Crippen molar-refractivity contribution in [2.75, 3.05) is 14.2 Å². The minimum absolute atomic E-state index is 0.0694. The van der Waals surface area contributed by atoms with Gasteiger partial charge in [-0.1, -0.05) is 6.07 Å². The molecule has 0 aliphatic carbocycles. The van der Waals surface area contributed by atoms with Crippen LogP contribution in [-0.4, -0.2) is 31.5 Å². The molecule has 100 valence electrons. The maximum Gasteiger partial charge on any atom is 0.418 e. The average molecular weight is 264 g/mol. The zero-order chi connectivity index (χ0) is 13.9. The van der Waals surface area contributed by atoms with Gasteiger partial charge in [-0.2, -0.15) is 13.2 Å². The van der Waals surface area contributed by atoms with E-state index in [9.17, 15) is 18.0 Å². The van der Waals surface area contributed by atoms with E-state index >= 15 is 0 Å². The van der Waals surface area contributed by atoms with Gasteiger partial charge in [0.05, 0.1) is 14.2 Å². The number of aliphatic hydroxyl groups is 1. The molecule has 1 rings (SSSR count). The van der Waals surface area contributed by atoms with Crippen molar-refractivity contribution in [3.05, 3.63) is 29.3 Å². The molecule has 0 spiro atoms. The first-order valence-electron chi connectivity index (χ1n) is 4.82. The number of rotatable bonds is 3. The molecule has 7 heteroatoms. The van der Waals surface area contributed by atoms with Gasteiger partial charge in [-0.05, 0) is 17.7 Å². The van der Waals surface area contributed by atoms with E-state index in [0.29, 0.717) is 0 Å². The van der Waals surface area contributed by atoms with Crippen LogP contribution in [0.15, 0.2) is 18.2 Å². The van der Waals surface area contributed by atoms with Crippen molar-refractivity contribution in [1.82, 2.24) is 0 Å². The van der Waals surface area contributed by atoms with Crippen molar-refractivity contribution in [2.45, 2.75) is 12.3 Å². The quantitative estimate of drug-likeness (QED) is 0.849. The summed E-state index contributed by atoms with van der Waals surface area (Å²) in [6.07, 6.45) is -7.46. The number of benzene rings is 1. The Balaban J connectivity index is 3.22. The minimum atomic E-state index is -4.80. The monoisotopic (exact) mass is 264 g/mol. The number of aliphatic hydroxyl groups excluding tert-OH is 1. The largest absolute Gasteiger partial charge is 0.496 e. The topological polar surface area (TPSA) is 55.8 Å². The van der Waals surface area contributed by atoms with Gasteiger partial charge < -0.3 is 14.6 Å². The highest BCUT2D eigenvalue weighted by atomic mass is 19.4. The summed E-state index contributed by atoms with van der Waals surface area (Å²) in [5.41, 5.74) is -0.635. The Morgan fingerprint density at radius 2 is 1.94 bits per heavy atom. The predicted molar refractivity (Wildman–Crippen MR) is 55.3 cm³/mol. The molecule has 0 bridgehead atoms. The van der Waals surface area contributed by atoms with Gasteiger partial charge in [0.2, 0.25) is 0 Å². The maximum atomic E-state index is 12.3. The fourth-order valence-corrected chi connectivity index (χ4v) is 1.35. The molecule has 0 aliphatic rings. The molecule has 1 aromatic rings. The molecule has 0 aliphatic heterocycles. The van der Waals surface area contributed by atoms with E-state index in [1.807, 2.05) is 0 Å². The van der Waals surface area contributed by atoms with E-state index in [0.717, 1.165) is 25.3 Å². The number of carbonyl (C=O) groups excluding carboxylic acids is 1. The number of hydrogen-bond acceptors (Lipinski definition) is 4. The molecular weight excluding hydrogens is 253 g/mol. The van der Waals surface area contributed by atoms with Crippen LogP contribution in [0.2, 0.25) is 0 Å². The van der Waals surface area contributed by atoms with Gasteiger partial charge >= 0.3 is 12.1 Å². The molecule has 1 unspecified atom stereocenters. The van der Waals surface area contributed by atoms with Gasteiger partial charge in [0, 0.05) is 0 Å². The molecule has 0 heterocycles. The number of methoxy groups -OCH3 is 2. The van der Waals surface area contributed by atoms with Crippen molar-refractivity contribution >= 4 is 5.97 Å². The summed E-state index contributed by atoms with van der Waals surface area (Å²) < 4.78 is 46.2. The number of esters is 1. The molecule has 1 N–H and O–H groups in total. The van der Waals surface area contributed by atoms with Gasteiger partial charge in [0.15, 0.2) is 6.10 Å². The second-order valence-corrected chi connectivity index (χ2v) is 3.40. The molecule has 0 radical (unpaired) electrons. The lowest BCUT2D eigenvalue weighted by Crippen LogP contribution is -2.20.